The number of benzene rings is 1. The van der Waals surface area contributed by atoms with Gasteiger partial charge in [0.2, 0.25) is 0 Å². The lowest BCUT2D eigenvalue weighted by Gasteiger charge is -2.31. The van der Waals surface area contributed by atoms with Crippen molar-refractivity contribution >= 4 is 37.2 Å². The summed E-state index contributed by atoms with van der Waals surface area (Å²) in [6, 6.07) is 2.81. The molecule has 1 heterocycles. The van der Waals surface area contributed by atoms with E-state index in [2.05, 4.69) is 6.92 Å². The largest absolute Gasteiger partial charge is 0.338 e. The lowest BCUT2D eigenvalue weighted by Crippen LogP contribution is -2.39. The summed E-state index contributed by atoms with van der Waals surface area (Å²) < 4.78 is 23.2. The van der Waals surface area contributed by atoms with E-state index >= 15 is 0 Å². The Balaban J connectivity index is 2.40. The van der Waals surface area contributed by atoms with Crippen molar-refractivity contribution in [3.05, 3.63) is 28.3 Å². The van der Waals surface area contributed by atoms with Crippen LogP contribution < -0.4 is 0 Å². The maximum atomic E-state index is 12.5. The molecule has 21 heavy (non-hydrogen) atoms. The van der Waals surface area contributed by atoms with Crippen LogP contribution in [0.15, 0.2) is 17.0 Å². The highest BCUT2D eigenvalue weighted by atomic mass is 35.7. The van der Waals surface area contributed by atoms with E-state index in [9.17, 15) is 13.2 Å². The molecule has 1 aromatic carbocycles. The number of hydrogen-bond acceptors (Lipinski definition) is 3. The lowest BCUT2D eigenvalue weighted by atomic mass is 9.99. The minimum atomic E-state index is -3.94. The SMILES string of the molecule is Cc1c(Cl)cc(C(=O)N2CCCC(C)C2)cc1S(=O)(=O)Cl. The van der Waals surface area contributed by atoms with Crippen LogP contribution >= 0.6 is 22.3 Å². The molecule has 116 valence electrons. The van der Waals surface area contributed by atoms with Crippen LogP contribution in [0, 0.1) is 12.8 Å². The first kappa shape index (κ1) is 16.6. The molecule has 2 rings (SSSR count). The minimum absolute atomic E-state index is 0.106. The molecule has 0 aromatic heterocycles. The number of nitrogens with zero attached hydrogens (tertiary/aromatic N) is 1. The fraction of sp³-hybridized carbons (Fsp3) is 0.500. The van der Waals surface area contributed by atoms with Gasteiger partial charge in [0, 0.05) is 34.4 Å². The summed E-state index contributed by atoms with van der Waals surface area (Å²) in [5.41, 5.74) is 0.620. The first-order valence-corrected chi connectivity index (χ1v) is 9.43. The highest BCUT2D eigenvalue weighted by molar-refractivity contribution is 8.13. The van der Waals surface area contributed by atoms with Crippen molar-refractivity contribution in [2.75, 3.05) is 13.1 Å². The van der Waals surface area contributed by atoms with E-state index in [-0.39, 0.29) is 21.4 Å². The number of piperidine rings is 1. The van der Waals surface area contributed by atoms with Crippen molar-refractivity contribution in [1.82, 2.24) is 4.90 Å². The average Bonchev–Trinajstić information content (AvgIpc) is 2.39. The molecule has 0 spiro atoms. The Bertz CT molecular complexity index is 673. The van der Waals surface area contributed by atoms with Crippen molar-refractivity contribution in [1.29, 1.82) is 0 Å². The zero-order chi connectivity index (χ0) is 15.8. The third-order valence-electron chi connectivity index (χ3n) is 3.75. The molecule has 0 radical (unpaired) electrons. The van der Waals surface area contributed by atoms with Crippen molar-refractivity contribution in [3.63, 3.8) is 0 Å². The predicted octanol–water partition coefficient (Wildman–Crippen LogP) is 3.45. The molecule has 7 heteroatoms. The van der Waals surface area contributed by atoms with E-state index in [0.29, 0.717) is 24.6 Å². The average molecular weight is 350 g/mol. The van der Waals surface area contributed by atoms with Gasteiger partial charge in [0.1, 0.15) is 0 Å². The summed E-state index contributed by atoms with van der Waals surface area (Å²) in [5, 5.41) is 0.227. The fourth-order valence-electron chi connectivity index (χ4n) is 2.59. The first-order valence-electron chi connectivity index (χ1n) is 6.74. The molecule has 0 bridgehead atoms. The van der Waals surface area contributed by atoms with E-state index in [1.165, 1.54) is 12.1 Å². The molecule has 4 nitrogen and oxygen atoms in total. The Labute approximate surface area is 134 Å². The van der Waals surface area contributed by atoms with Crippen LogP contribution in [-0.2, 0) is 9.05 Å². The lowest BCUT2D eigenvalue weighted by molar-refractivity contribution is 0.0683. The first-order chi connectivity index (χ1) is 9.70. The number of likely N-dealkylation sites (tertiary alicyclic amines) is 1. The third kappa shape index (κ3) is 3.71. The van der Waals surface area contributed by atoms with E-state index in [1.807, 2.05) is 0 Å². The van der Waals surface area contributed by atoms with Crippen LogP contribution in [-0.4, -0.2) is 32.3 Å². The Kier molecular flexibility index (Phi) is 4.85. The van der Waals surface area contributed by atoms with Crippen molar-refractivity contribution in [2.24, 2.45) is 5.92 Å². The summed E-state index contributed by atoms with van der Waals surface area (Å²) in [6.07, 6.45) is 2.05. The molecule has 1 amide bonds. The smallest absolute Gasteiger partial charge is 0.261 e. The van der Waals surface area contributed by atoms with Crippen LogP contribution in [0.2, 0.25) is 5.02 Å². The van der Waals surface area contributed by atoms with Crippen LogP contribution in [0.5, 0.6) is 0 Å². The summed E-state index contributed by atoms with van der Waals surface area (Å²) in [6.45, 7) is 5.01. The standard InChI is InChI=1S/C14H17Cl2NO3S/c1-9-4-3-5-17(8-9)14(18)11-6-12(15)10(2)13(7-11)21(16,19)20/h6-7,9H,3-5,8H2,1-2H3. The molecule has 1 unspecified atom stereocenters. The van der Waals surface area contributed by atoms with E-state index in [1.54, 1.807) is 11.8 Å². The van der Waals surface area contributed by atoms with Gasteiger partial charge in [-0.25, -0.2) is 8.42 Å². The molecule has 1 aromatic rings. The number of rotatable bonds is 2. The second kappa shape index (κ2) is 6.15. The molecule has 1 fully saturated rings. The molecule has 0 saturated carbocycles. The van der Waals surface area contributed by atoms with Gasteiger partial charge in [-0.3, -0.25) is 4.79 Å². The molecule has 1 aliphatic rings. The van der Waals surface area contributed by atoms with Gasteiger partial charge in [0.25, 0.3) is 15.0 Å². The zero-order valence-corrected chi connectivity index (χ0v) is 14.2. The molecule has 1 saturated heterocycles. The number of amides is 1. The monoisotopic (exact) mass is 349 g/mol. The summed E-state index contributed by atoms with van der Waals surface area (Å²) in [4.78, 5) is 14.1. The van der Waals surface area contributed by atoms with Gasteiger partial charge in [0.15, 0.2) is 0 Å². The minimum Gasteiger partial charge on any atom is -0.338 e. The van der Waals surface area contributed by atoms with E-state index in [0.717, 1.165) is 12.8 Å². The van der Waals surface area contributed by atoms with Crippen molar-refractivity contribution in [3.8, 4) is 0 Å². The highest BCUT2D eigenvalue weighted by Gasteiger charge is 2.25. The van der Waals surface area contributed by atoms with Crippen molar-refractivity contribution in [2.45, 2.75) is 31.6 Å². The fourth-order valence-corrected chi connectivity index (χ4v) is 4.09. The molecule has 0 N–H and O–H groups in total. The van der Waals surface area contributed by atoms with Gasteiger partial charge in [-0.1, -0.05) is 18.5 Å². The second-order valence-electron chi connectivity index (χ2n) is 5.52. The number of carbonyl (C=O) groups excluding carboxylic acids is 1. The van der Waals surface area contributed by atoms with E-state index in [4.69, 9.17) is 22.3 Å². The molecular formula is C14H17Cl2NO3S. The van der Waals surface area contributed by atoms with Crippen LogP contribution in [0.1, 0.15) is 35.7 Å². The van der Waals surface area contributed by atoms with Crippen LogP contribution in [0.3, 0.4) is 0 Å². The Morgan fingerprint density at radius 3 is 2.62 bits per heavy atom. The maximum absolute atomic E-state index is 12.5. The van der Waals surface area contributed by atoms with Gasteiger partial charge in [-0.2, -0.15) is 0 Å². The summed E-state index contributed by atoms with van der Waals surface area (Å²) in [7, 11) is 1.47. The predicted molar refractivity (Wildman–Crippen MR) is 83.5 cm³/mol. The Morgan fingerprint density at radius 1 is 1.38 bits per heavy atom. The van der Waals surface area contributed by atoms with Gasteiger partial charge in [-0.15, -0.1) is 0 Å². The van der Waals surface area contributed by atoms with Crippen molar-refractivity contribution < 1.29 is 13.2 Å². The molecule has 1 atom stereocenters. The number of halogens is 2. The second-order valence-corrected chi connectivity index (χ2v) is 8.46. The van der Waals surface area contributed by atoms with E-state index < -0.39 is 9.05 Å². The number of hydrogen-bond donors (Lipinski definition) is 0. The topological polar surface area (TPSA) is 54.5 Å². The Hall–Kier alpha value is -0.780. The zero-order valence-electron chi connectivity index (χ0n) is 11.9. The van der Waals surface area contributed by atoms with Gasteiger partial charge in [0.05, 0.1) is 4.90 Å². The Morgan fingerprint density at radius 2 is 2.05 bits per heavy atom. The molecular weight excluding hydrogens is 333 g/mol. The highest BCUT2D eigenvalue weighted by Crippen LogP contribution is 2.29. The van der Waals surface area contributed by atoms with Crippen LogP contribution in [0.25, 0.3) is 0 Å². The summed E-state index contributed by atoms with van der Waals surface area (Å²) >= 11 is 6.04. The van der Waals surface area contributed by atoms with Gasteiger partial charge < -0.3 is 4.90 Å². The van der Waals surface area contributed by atoms with Gasteiger partial charge in [-0.05, 0) is 43.4 Å². The molecule has 1 aliphatic heterocycles. The number of carbonyl (C=O) groups is 1. The van der Waals surface area contributed by atoms with Gasteiger partial charge >= 0.3 is 0 Å². The third-order valence-corrected chi connectivity index (χ3v) is 5.59. The maximum Gasteiger partial charge on any atom is 0.261 e. The summed E-state index contributed by atoms with van der Waals surface area (Å²) in [5.74, 6) is 0.241. The normalized spacial score (nSPS) is 19.6. The quantitative estimate of drug-likeness (QED) is 0.768. The molecule has 0 aliphatic carbocycles. The van der Waals surface area contributed by atoms with Crippen LogP contribution in [0.4, 0.5) is 0 Å².